The summed E-state index contributed by atoms with van der Waals surface area (Å²) in [6.07, 6.45) is 6.24. The van der Waals surface area contributed by atoms with Crippen molar-refractivity contribution < 1.29 is 0 Å². The van der Waals surface area contributed by atoms with Gasteiger partial charge in [0.15, 0.2) is 0 Å². The Balaban J connectivity index is 4.72. The molecule has 0 aliphatic heterocycles. The molecule has 0 rings (SSSR count). The molecule has 0 N–H and O–H groups in total. The van der Waals surface area contributed by atoms with E-state index in [9.17, 15) is 0 Å². The average Bonchev–Trinajstić information content (AvgIpc) is 2.03. The van der Waals surface area contributed by atoms with E-state index in [1.807, 2.05) is 27.0 Å². The minimum atomic E-state index is 0.498. The largest absolute Gasteiger partial charge is 0.292 e. The molecule has 0 aromatic carbocycles. The lowest BCUT2D eigenvalue weighted by molar-refractivity contribution is 0.881. The molecule has 0 aliphatic rings. The number of hydrogen-bond donors (Lipinski definition) is 0. The zero-order valence-corrected chi connectivity index (χ0v) is 8.76. The van der Waals surface area contributed by atoms with Crippen molar-refractivity contribution in [2.45, 2.75) is 27.7 Å². The smallest absolute Gasteiger partial charge is 0.0439 e. The zero-order chi connectivity index (χ0) is 9.56. The minimum Gasteiger partial charge on any atom is -0.292 e. The topological polar surface area (TPSA) is 12.4 Å². The number of hydrogen-bond acceptors (Lipinski definition) is 1. The van der Waals surface area contributed by atoms with Crippen LogP contribution < -0.4 is 0 Å². The van der Waals surface area contributed by atoms with Crippen molar-refractivity contribution in [2.24, 2.45) is 10.9 Å². The third kappa shape index (κ3) is 3.04. The van der Waals surface area contributed by atoms with Crippen molar-refractivity contribution in [1.29, 1.82) is 0 Å². The van der Waals surface area contributed by atoms with Crippen LogP contribution in [-0.2, 0) is 0 Å². The Kier molecular flexibility index (Phi) is 5.35. The molecular weight excluding hydrogens is 146 g/mol. The lowest BCUT2D eigenvalue weighted by Crippen LogP contribution is -2.09. The fourth-order valence-corrected chi connectivity index (χ4v) is 1.23. The lowest BCUT2D eigenvalue weighted by atomic mass is 9.99. The van der Waals surface area contributed by atoms with Crippen molar-refractivity contribution >= 4 is 5.71 Å². The highest BCUT2D eigenvalue weighted by Crippen LogP contribution is 2.09. The van der Waals surface area contributed by atoms with Crippen molar-refractivity contribution in [3.05, 3.63) is 23.8 Å². The van der Waals surface area contributed by atoms with Crippen LogP contribution in [0.4, 0.5) is 0 Å². The van der Waals surface area contributed by atoms with E-state index in [-0.39, 0.29) is 0 Å². The maximum atomic E-state index is 4.27. The molecule has 0 fully saturated rings. The van der Waals surface area contributed by atoms with E-state index >= 15 is 0 Å². The highest BCUT2D eigenvalue weighted by atomic mass is 14.7. The third-order valence-electron chi connectivity index (χ3n) is 1.74. The van der Waals surface area contributed by atoms with Gasteiger partial charge in [-0.25, -0.2) is 0 Å². The predicted molar refractivity (Wildman–Crippen MR) is 56.8 cm³/mol. The van der Waals surface area contributed by atoms with Gasteiger partial charge in [0.1, 0.15) is 0 Å². The first-order valence-electron chi connectivity index (χ1n) is 4.43. The molecule has 68 valence electrons. The first kappa shape index (κ1) is 11.2. The van der Waals surface area contributed by atoms with Crippen LogP contribution in [0.3, 0.4) is 0 Å². The molecule has 12 heavy (non-hydrogen) atoms. The quantitative estimate of drug-likeness (QED) is 0.449. The summed E-state index contributed by atoms with van der Waals surface area (Å²) in [5.74, 6) is 0.498. The van der Waals surface area contributed by atoms with Gasteiger partial charge in [-0.1, -0.05) is 32.1 Å². The number of aliphatic imine (C=N–C) groups is 1. The number of allylic oxidation sites excluding steroid dienone is 4. The Hall–Kier alpha value is -0.850. The molecule has 0 aliphatic carbocycles. The van der Waals surface area contributed by atoms with Gasteiger partial charge in [0.25, 0.3) is 0 Å². The predicted octanol–water partition coefficient (Wildman–Crippen LogP) is 3.24. The molecule has 0 saturated carbocycles. The van der Waals surface area contributed by atoms with Gasteiger partial charge in [0, 0.05) is 12.8 Å². The van der Waals surface area contributed by atoms with Gasteiger partial charge < -0.3 is 0 Å². The van der Waals surface area contributed by atoms with Gasteiger partial charge in [-0.2, -0.15) is 0 Å². The number of nitrogens with zero attached hydrogens (tertiary/aromatic N) is 1. The minimum absolute atomic E-state index is 0.498. The van der Waals surface area contributed by atoms with Crippen molar-refractivity contribution in [1.82, 2.24) is 0 Å². The van der Waals surface area contributed by atoms with E-state index in [1.54, 1.807) is 0 Å². The van der Waals surface area contributed by atoms with E-state index in [0.717, 1.165) is 0 Å². The Morgan fingerprint density at radius 1 is 1.25 bits per heavy atom. The van der Waals surface area contributed by atoms with Gasteiger partial charge in [-0.05, 0) is 25.3 Å². The number of rotatable bonds is 3. The third-order valence-corrected chi connectivity index (χ3v) is 1.74. The molecular formula is C11H19N. The first-order valence-corrected chi connectivity index (χ1v) is 4.43. The average molecular weight is 165 g/mol. The summed E-state index contributed by atoms with van der Waals surface area (Å²) in [6.45, 7) is 8.39. The highest BCUT2D eigenvalue weighted by molar-refractivity contribution is 6.03. The second-order valence-corrected chi connectivity index (χ2v) is 3.01. The standard InChI is InChI=1S/C11H19N/c1-6-8-10(7-2)11(12-5)9(3)4/h6-9H,1-5H3/b8-6-,10-7-,12-11-. The lowest BCUT2D eigenvalue weighted by Gasteiger charge is -2.09. The Morgan fingerprint density at radius 3 is 2.08 bits per heavy atom. The molecule has 1 heteroatoms. The first-order chi connectivity index (χ1) is 5.67. The highest BCUT2D eigenvalue weighted by Gasteiger charge is 2.06. The Morgan fingerprint density at radius 2 is 1.83 bits per heavy atom. The van der Waals surface area contributed by atoms with Crippen LogP contribution in [0.25, 0.3) is 0 Å². The summed E-state index contributed by atoms with van der Waals surface area (Å²) in [5.41, 5.74) is 2.41. The summed E-state index contributed by atoms with van der Waals surface area (Å²) in [5, 5.41) is 0. The van der Waals surface area contributed by atoms with Crippen LogP contribution in [-0.4, -0.2) is 12.8 Å². The maximum Gasteiger partial charge on any atom is 0.0439 e. The van der Waals surface area contributed by atoms with Crippen LogP contribution in [0, 0.1) is 5.92 Å². The van der Waals surface area contributed by atoms with Crippen molar-refractivity contribution in [3.8, 4) is 0 Å². The molecule has 0 saturated heterocycles. The SMILES string of the molecule is C\C=C/C(=C/C)C(=N\C)/C(C)C. The fourth-order valence-electron chi connectivity index (χ4n) is 1.23. The summed E-state index contributed by atoms with van der Waals surface area (Å²) in [7, 11) is 1.85. The second-order valence-electron chi connectivity index (χ2n) is 3.01. The molecule has 1 nitrogen and oxygen atoms in total. The monoisotopic (exact) mass is 165 g/mol. The van der Waals surface area contributed by atoms with Crippen LogP contribution in [0.2, 0.25) is 0 Å². The van der Waals surface area contributed by atoms with Crippen molar-refractivity contribution in [2.75, 3.05) is 7.05 Å². The Labute approximate surface area is 75.9 Å². The second kappa shape index (κ2) is 5.76. The molecule has 0 unspecified atom stereocenters. The summed E-state index contributed by atoms with van der Waals surface area (Å²) >= 11 is 0. The summed E-state index contributed by atoms with van der Waals surface area (Å²) in [4.78, 5) is 4.27. The van der Waals surface area contributed by atoms with E-state index in [4.69, 9.17) is 0 Å². The van der Waals surface area contributed by atoms with E-state index in [0.29, 0.717) is 5.92 Å². The van der Waals surface area contributed by atoms with Crippen LogP contribution >= 0.6 is 0 Å². The molecule has 0 aromatic heterocycles. The molecule has 0 aromatic rings. The zero-order valence-electron chi connectivity index (χ0n) is 8.76. The molecule has 0 atom stereocenters. The Bertz CT molecular complexity index is 207. The van der Waals surface area contributed by atoms with E-state index in [1.165, 1.54) is 11.3 Å². The molecule has 0 heterocycles. The van der Waals surface area contributed by atoms with Gasteiger partial charge in [-0.3, -0.25) is 4.99 Å². The van der Waals surface area contributed by atoms with Gasteiger partial charge in [0.2, 0.25) is 0 Å². The maximum absolute atomic E-state index is 4.27. The van der Waals surface area contributed by atoms with E-state index < -0.39 is 0 Å². The van der Waals surface area contributed by atoms with Crippen LogP contribution in [0.15, 0.2) is 28.8 Å². The van der Waals surface area contributed by atoms with Crippen LogP contribution in [0.1, 0.15) is 27.7 Å². The molecule has 0 radical (unpaired) electrons. The van der Waals surface area contributed by atoms with Gasteiger partial charge >= 0.3 is 0 Å². The molecule has 0 spiro atoms. The van der Waals surface area contributed by atoms with Crippen molar-refractivity contribution in [3.63, 3.8) is 0 Å². The van der Waals surface area contributed by atoms with Gasteiger partial charge in [-0.15, -0.1) is 0 Å². The fraction of sp³-hybridized carbons (Fsp3) is 0.545. The molecule has 0 amide bonds. The summed E-state index contributed by atoms with van der Waals surface area (Å²) in [6, 6.07) is 0. The van der Waals surface area contributed by atoms with Gasteiger partial charge in [0.05, 0.1) is 0 Å². The normalized spacial score (nSPS) is 14.8. The van der Waals surface area contributed by atoms with Crippen LogP contribution in [0.5, 0.6) is 0 Å². The molecule has 0 bridgehead atoms. The summed E-state index contributed by atoms with van der Waals surface area (Å²) < 4.78 is 0. The van der Waals surface area contributed by atoms with E-state index in [2.05, 4.69) is 31.0 Å².